The number of benzene rings is 1. The van der Waals surface area contributed by atoms with Gasteiger partial charge in [0.15, 0.2) is 0 Å². The van der Waals surface area contributed by atoms with Crippen molar-refractivity contribution in [3.63, 3.8) is 0 Å². The Kier molecular flexibility index (Phi) is 5.34. The molecule has 1 N–H and O–H groups in total. The Morgan fingerprint density at radius 1 is 1.22 bits per heavy atom. The van der Waals surface area contributed by atoms with E-state index < -0.39 is 5.97 Å². The van der Waals surface area contributed by atoms with E-state index in [2.05, 4.69) is 10.4 Å². The topological polar surface area (TPSA) is 85.7 Å². The molecule has 1 aromatic heterocycles. The van der Waals surface area contributed by atoms with Gasteiger partial charge in [0.1, 0.15) is 5.75 Å². The first kappa shape index (κ1) is 18.8. The first-order valence-corrected chi connectivity index (χ1v) is 8.78. The second kappa shape index (κ2) is 7.69. The van der Waals surface area contributed by atoms with Crippen LogP contribution in [0, 0.1) is 13.8 Å². The molecule has 2 heterocycles. The van der Waals surface area contributed by atoms with E-state index in [1.807, 2.05) is 24.6 Å². The number of nitrogens with one attached hydrogen (secondary N) is 1. The number of methoxy groups -OCH3 is 2. The fraction of sp³-hybridized carbons (Fsp3) is 0.421. The summed E-state index contributed by atoms with van der Waals surface area (Å²) in [5, 5.41) is 7.36. The normalized spacial score (nSPS) is 16.3. The average molecular weight is 372 g/mol. The number of amides is 2. The largest absolute Gasteiger partial charge is 0.495 e. The van der Waals surface area contributed by atoms with Crippen molar-refractivity contribution in [2.45, 2.75) is 26.3 Å². The molecule has 1 atom stereocenters. The number of carbonyl (C=O) groups excluding carboxylic acids is 2. The standard InChI is InChI=1S/C19H24N4O4/c1-12-9-13(2)23(21-12)15-7-8-22(11-15)19(25)20-16-10-14(18(24)27-4)5-6-17(16)26-3/h5-6,9-10,15H,7-8,11H2,1-4H3,(H,20,25)/t15-/m0/s1. The summed E-state index contributed by atoms with van der Waals surface area (Å²) in [4.78, 5) is 26.2. The Morgan fingerprint density at radius 2 is 2.00 bits per heavy atom. The number of aromatic nitrogens is 2. The van der Waals surface area contributed by atoms with Crippen LogP contribution in [0.25, 0.3) is 0 Å². The highest BCUT2D eigenvalue weighted by Gasteiger charge is 2.29. The number of likely N-dealkylation sites (tertiary alicyclic amines) is 1. The van der Waals surface area contributed by atoms with Gasteiger partial charge in [-0.15, -0.1) is 0 Å². The average Bonchev–Trinajstić information content (AvgIpc) is 3.27. The first-order valence-electron chi connectivity index (χ1n) is 8.78. The van der Waals surface area contributed by atoms with Crippen molar-refractivity contribution >= 4 is 17.7 Å². The molecule has 144 valence electrons. The third kappa shape index (κ3) is 3.89. The molecule has 1 aliphatic heterocycles. The Morgan fingerprint density at radius 3 is 2.63 bits per heavy atom. The molecule has 0 radical (unpaired) electrons. The predicted molar refractivity (Wildman–Crippen MR) is 100 cm³/mol. The second-order valence-corrected chi connectivity index (χ2v) is 6.60. The third-order valence-electron chi connectivity index (χ3n) is 4.70. The van der Waals surface area contributed by atoms with E-state index in [-0.39, 0.29) is 12.1 Å². The van der Waals surface area contributed by atoms with Crippen molar-refractivity contribution in [3.8, 4) is 5.75 Å². The monoisotopic (exact) mass is 372 g/mol. The summed E-state index contributed by atoms with van der Waals surface area (Å²) in [6.07, 6.45) is 0.842. The Hall–Kier alpha value is -3.03. The van der Waals surface area contributed by atoms with E-state index in [4.69, 9.17) is 9.47 Å². The minimum atomic E-state index is -0.473. The minimum absolute atomic E-state index is 0.160. The fourth-order valence-corrected chi connectivity index (χ4v) is 3.39. The highest BCUT2D eigenvalue weighted by atomic mass is 16.5. The molecule has 2 aromatic rings. The van der Waals surface area contributed by atoms with E-state index in [9.17, 15) is 9.59 Å². The molecule has 1 saturated heterocycles. The summed E-state index contributed by atoms with van der Waals surface area (Å²) in [5.74, 6) is 0.00390. The number of nitrogens with zero attached hydrogens (tertiary/aromatic N) is 3. The lowest BCUT2D eigenvalue weighted by atomic mass is 10.2. The molecule has 0 saturated carbocycles. The molecule has 0 bridgehead atoms. The molecular formula is C19H24N4O4. The van der Waals surface area contributed by atoms with Crippen LogP contribution >= 0.6 is 0 Å². The molecule has 0 unspecified atom stereocenters. The van der Waals surface area contributed by atoms with Gasteiger partial charge in [-0.2, -0.15) is 5.10 Å². The number of aryl methyl sites for hydroxylation is 2. The number of hydrogen-bond donors (Lipinski definition) is 1. The maximum atomic E-state index is 12.7. The van der Waals surface area contributed by atoms with Gasteiger partial charge < -0.3 is 19.7 Å². The number of hydrogen-bond acceptors (Lipinski definition) is 5. The molecule has 8 nitrogen and oxygen atoms in total. The summed E-state index contributed by atoms with van der Waals surface area (Å²) in [6, 6.07) is 6.73. The lowest BCUT2D eigenvalue weighted by Gasteiger charge is -2.19. The number of esters is 1. The van der Waals surface area contributed by atoms with Crippen LogP contribution in [0.1, 0.15) is 34.2 Å². The number of rotatable bonds is 4. The van der Waals surface area contributed by atoms with Gasteiger partial charge in [0, 0.05) is 18.8 Å². The first-order chi connectivity index (χ1) is 12.9. The molecule has 1 aromatic carbocycles. The van der Waals surface area contributed by atoms with Crippen molar-refractivity contribution in [3.05, 3.63) is 41.2 Å². The highest BCUT2D eigenvalue weighted by molar-refractivity contribution is 5.95. The summed E-state index contributed by atoms with van der Waals surface area (Å²) >= 11 is 0. The maximum Gasteiger partial charge on any atom is 0.337 e. The van der Waals surface area contributed by atoms with E-state index >= 15 is 0 Å². The summed E-state index contributed by atoms with van der Waals surface area (Å²) in [7, 11) is 2.83. The number of urea groups is 1. The SMILES string of the molecule is COC(=O)c1ccc(OC)c(NC(=O)N2CC[C@H](n3nc(C)cc3C)C2)c1. The van der Waals surface area contributed by atoms with Gasteiger partial charge in [-0.25, -0.2) is 9.59 Å². The highest BCUT2D eigenvalue weighted by Crippen LogP contribution is 2.28. The van der Waals surface area contributed by atoms with Gasteiger partial charge in [-0.1, -0.05) is 0 Å². The van der Waals surface area contributed by atoms with E-state index in [1.54, 1.807) is 23.1 Å². The van der Waals surface area contributed by atoms with Crippen LogP contribution in [-0.4, -0.2) is 54.0 Å². The van der Waals surface area contributed by atoms with Gasteiger partial charge in [0.2, 0.25) is 0 Å². The van der Waals surface area contributed by atoms with Crippen molar-refractivity contribution in [1.82, 2.24) is 14.7 Å². The maximum absolute atomic E-state index is 12.7. The molecule has 8 heteroatoms. The van der Waals surface area contributed by atoms with Gasteiger partial charge in [0.05, 0.1) is 37.2 Å². The van der Waals surface area contributed by atoms with Crippen LogP contribution < -0.4 is 10.1 Å². The van der Waals surface area contributed by atoms with Crippen LogP contribution in [0.15, 0.2) is 24.3 Å². The van der Waals surface area contributed by atoms with Crippen LogP contribution in [0.3, 0.4) is 0 Å². The minimum Gasteiger partial charge on any atom is -0.495 e. The third-order valence-corrected chi connectivity index (χ3v) is 4.70. The lowest BCUT2D eigenvalue weighted by molar-refractivity contribution is 0.0600. The lowest BCUT2D eigenvalue weighted by Crippen LogP contribution is -2.33. The Bertz CT molecular complexity index is 861. The molecule has 0 spiro atoms. The van der Waals surface area contributed by atoms with Gasteiger partial charge >= 0.3 is 12.0 Å². The summed E-state index contributed by atoms with van der Waals surface area (Å²) in [6.45, 7) is 5.19. The smallest absolute Gasteiger partial charge is 0.337 e. The second-order valence-electron chi connectivity index (χ2n) is 6.60. The van der Waals surface area contributed by atoms with Gasteiger partial charge in [-0.3, -0.25) is 4.68 Å². The molecule has 2 amide bonds. The Labute approximate surface area is 158 Å². The van der Waals surface area contributed by atoms with Crippen molar-refractivity contribution in [1.29, 1.82) is 0 Å². The van der Waals surface area contributed by atoms with Crippen molar-refractivity contribution in [2.24, 2.45) is 0 Å². The van der Waals surface area contributed by atoms with Gasteiger partial charge in [-0.05, 0) is 44.5 Å². The van der Waals surface area contributed by atoms with Crippen molar-refractivity contribution < 1.29 is 19.1 Å². The summed E-state index contributed by atoms with van der Waals surface area (Å²) in [5.41, 5.74) is 2.84. The number of anilines is 1. The van der Waals surface area contributed by atoms with Gasteiger partial charge in [0.25, 0.3) is 0 Å². The Balaban J connectivity index is 1.72. The molecule has 0 aliphatic carbocycles. The van der Waals surface area contributed by atoms with Crippen molar-refractivity contribution in [2.75, 3.05) is 32.6 Å². The van der Waals surface area contributed by atoms with Crippen LogP contribution in [0.4, 0.5) is 10.5 Å². The number of ether oxygens (including phenoxy) is 2. The zero-order chi connectivity index (χ0) is 19.6. The number of carbonyl (C=O) groups is 2. The van der Waals surface area contributed by atoms with Crippen LogP contribution in [-0.2, 0) is 4.74 Å². The van der Waals surface area contributed by atoms with E-state index in [1.165, 1.54) is 14.2 Å². The predicted octanol–water partition coefficient (Wildman–Crippen LogP) is 2.77. The summed E-state index contributed by atoms with van der Waals surface area (Å²) < 4.78 is 12.0. The molecule has 3 rings (SSSR count). The fourth-order valence-electron chi connectivity index (χ4n) is 3.39. The molecular weight excluding hydrogens is 348 g/mol. The zero-order valence-electron chi connectivity index (χ0n) is 16.0. The molecule has 1 aliphatic rings. The van der Waals surface area contributed by atoms with E-state index in [0.717, 1.165) is 17.8 Å². The van der Waals surface area contributed by atoms with Crippen LogP contribution in [0.2, 0.25) is 0 Å². The quantitative estimate of drug-likeness (QED) is 0.834. The van der Waals surface area contributed by atoms with E-state index in [0.29, 0.717) is 30.1 Å². The zero-order valence-corrected chi connectivity index (χ0v) is 16.0. The van der Waals surface area contributed by atoms with Crippen LogP contribution in [0.5, 0.6) is 5.75 Å². The molecule has 1 fully saturated rings. The molecule has 27 heavy (non-hydrogen) atoms.